The third-order valence-corrected chi connectivity index (χ3v) is 3.84. The van der Waals surface area contributed by atoms with Crippen LogP contribution >= 0.6 is 0 Å². The summed E-state index contributed by atoms with van der Waals surface area (Å²) >= 11 is 0. The van der Waals surface area contributed by atoms with Gasteiger partial charge in [0.05, 0.1) is 18.8 Å². The Morgan fingerprint density at radius 3 is 2.70 bits per heavy atom. The molecule has 1 aromatic carbocycles. The van der Waals surface area contributed by atoms with Gasteiger partial charge in [0.2, 0.25) is 0 Å². The first-order valence-corrected chi connectivity index (χ1v) is 6.74. The number of rotatable bonds is 4. The van der Waals surface area contributed by atoms with E-state index in [1.807, 2.05) is 44.2 Å². The van der Waals surface area contributed by atoms with Crippen LogP contribution < -0.4 is 5.32 Å². The van der Waals surface area contributed by atoms with Gasteiger partial charge >= 0.3 is 6.09 Å². The van der Waals surface area contributed by atoms with E-state index in [-0.39, 0.29) is 13.2 Å². The lowest BCUT2D eigenvalue weighted by molar-refractivity contribution is -0.0946. The number of hydrogen-bond acceptors (Lipinski definition) is 4. The number of carbonyl (C=O) groups is 1. The average Bonchev–Trinajstić information content (AvgIpc) is 2.70. The summed E-state index contributed by atoms with van der Waals surface area (Å²) in [4.78, 5) is 11.6. The molecule has 0 aromatic heterocycles. The fourth-order valence-corrected chi connectivity index (χ4v) is 2.20. The van der Waals surface area contributed by atoms with Crippen molar-refractivity contribution in [3.05, 3.63) is 35.9 Å². The first-order valence-electron chi connectivity index (χ1n) is 6.74. The first-order chi connectivity index (χ1) is 9.43. The highest BCUT2D eigenvalue weighted by molar-refractivity contribution is 5.67. The maximum atomic E-state index is 11.6. The highest BCUT2D eigenvalue weighted by Gasteiger charge is 2.49. The van der Waals surface area contributed by atoms with Crippen LogP contribution in [0.2, 0.25) is 0 Å². The number of carbonyl (C=O) groups excluding carboxylic acids is 1. The van der Waals surface area contributed by atoms with Crippen LogP contribution in [-0.4, -0.2) is 35.6 Å². The van der Waals surface area contributed by atoms with Crippen molar-refractivity contribution in [2.24, 2.45) is 0 Å². The van der Waals surface area contributed by atoms with Crippen molar-refractivity contribution in [2.45, 2.75) is 38.1 Å². The topological polar surface area (TPSA) is 67.8 Å². The fraction of sp³-hybridized carbons (Fsp3) is 0.533. The average molecular weight is 279 g/mol. The Balaban J connectivity index is 1.78. The molecule has 1 saturated heterocycles. The molecule has 1 aliphatic rings. The number of amides is 1. The van der Waals surface area contributed by atoms with E-state index in [9.17, 15) is 9.90 Å². The van der Waals surface area contributed by atoms with Gasteiger partial charge in [-0.25, -0.2) is 4.79 Å². The molecule has 1 amide bonds. The Labute approximate surface area is 118 Å². The summed E-state index contributed by atoms with van der Waals surface area (Å²) < 4.78 is 10.6. The third kappa shape index (κ3) is 3.29. The predicted molar refractivity (Wildman–Crippen MR) is 74.2 cm³/mol. The molecule has 1 fully saturated rings. The Morgan fingerprint density at radius 2 is 2.10 bits per heavy atom. The predicted octanol–water partition coefficient (Wildman–Crippen LogP) is 1.84. The Bertz CT molecular complexity index is 460. The molecular formula is C15H21NO4. The van der Waals surface area contributed by atoms with Crippen LogP contribution in [0.4, 0.5) is 4.79 Å². The molecule has 0 aliphatic carbocycles. The SMILES string of the molecule is CC1(C)OCCC1(O)CNC(=O)OCc1ccccc1. The van der Waals surface area contributed by atoms with Gasteiger partial charge in [-0.1, -0.05) is 30.3 Å². The summed E-state index contributed by atoms with van der Waals surface area (Å²) in [5.41, 5.74) is -0.802. The smallest absolute Gasteiger partial charge is 0.407 e. The fourth-order valence-electron chi connectivity index (χ4n) is 2.20. The molecular weight excluding hydrogens is 258 g/mol. The normalized spacial score (nSPS) is 24.4. The van der Waals surface area contributed by atoms with Crippen LogP contribution in [0.3, 0.4) is 0 Å². The second kappa shape index (κ2) is 5.81. The van der Waals surface area contributed by atoms with Gasteiger partial charge in [0.1, 0.15) is 12.2 Å². The van der Waals surface area contributed by atoms with Crippen LogP contribution in [0.5, 0.6) is 0 Å². The molecule has 1 unspecified atom stereocenters. The molecule has 1 heterocycles. The van der Waals surface area contributed by atoms with E-state index >= 15 is 0 Å². The van der Waals surface area contributed by atoms with E-state index in [1.54, 1.807) is 0 Å². The summed E-state index contributed by atoms with van der Waals surface area (Å²) in [5.74, 6) is 0. The second-order valence-corrected chi connectivity index (χ2v) is 5.56. The van der Waals surface area contributed by atoms with Crippen molar-refractivity contribution in [1.82, 2.24) is 5.32 Å². The van der Waals surface area contributed by atoms with Gasteiger partial charge in [-0.15, -0.1) is 0 Å². The summed E-state index contributed by atoms with van der Waals surface area (Å²) in [6, 6.07) is 9.44. The molecule has 20 heavy (non-hydrogen) atoms. The summed E-state index contributed by atoms with van der Waals surface area (Å²) in [5, 5.41) is 13.1. The molecule has 1 atom stereocenters. The van der Waals surface area contributed by atoms with Gasteiger partial charge in [0.25, 0.3) is 0 Å². The lowest BCUT2D eigenvalue weighted by atomic mass is 9.85. The van der Waals surface area contributed by atoms with E-state index in [0.29, 0.717) is 13.0 Å². The monoisotopic (exact) mass is 279 g/mol. The van der Waals surface area contributed by atoms with Crippen LogP contribution in [-0.2, 0) is 16.1 Å². The van der Waals surface area contributed by atoms with Crippen molar-refractivity contribution < 1.29 is 19.4 Å². The largest absolute Gasteiger partial charge is 0.445 e. The van der Waals surface area contributed by atoms with Crippen LogP contribution in [0.25, 0.3) is 0 Å². The zero-order valence-corrected chi connectivity index (χ0v) is 11.9. The number of aliphatic hydroxyl groups is 1. The number of alkyl carbamates (subject to hydrolysis) is 1. The lowest BCUT2D eigenvalue weighted by Crippen LogP contribution is -2.54. The lowest BCUT2D eigenvalue weighted by Gasteiger charge is -2.34. The molecule has 1 aromatic rings. The van der Waals surface area contributed by atoms with Crippen molar-refractivity contribution >= 4 is 6.09 Å². The zero-order chi connectivity index (χ0) is 14.6. The highest BCUT2D eigenvalue weighted by atomic mass is 16.5. The molecule has 110 valence electrons. The number of ether oxygens (including phenoxy) is 2. The van der Waals surface area contributed by atoms with E-state index < -0.39 is 17.3 Å². The molecule has 5 heteroatoms. The minimum absolute atomic E-state index is 0.119. The molecule has 0 spiro atoms. The zero-order valence-electron chi connectivity index (χ0n) is 11.9. The molecule has 0 bridgehead atoms. The maximum absolute atomic E-state index is 11.6. The number of hydrogen-bond donors (Lipinski definition) is 2. The third-order valence-electron chi connectivity index (χ3n) is 3.84. The summed E-state index contributed by atoms with van der Waals surface area (Å²) in [6.07, 6.45) is -0.0381. The Kier molecular flexibility index (Phi) is 4.30. The standard InChI is InChI=1S/C15H21NO4/c1-14(2)15(18,8-9-20-14)11-16-13(17)19-10-12-6-4-3-5-7-12/h3-7,18H,8-11H2,1-2H3,(H,16,17). The molecule has 2 N–H and O–H groups in total. The quantitative estimate of drug-likeness (QED) is 0.882. The van der Waals surface area contributed by atoms with E-state index in [4.69, 9.17) is 9.47 Å². The van der Waals surface area contributed by atoms with E-state index in [0.717, 1.165) is 5.56 Å². The van der Waals surface area contributed by atoms with Crippen molar-refractivity contribution in [3.63, 3.8) is 0 Å². The van der Waals surface area contributed by atoms with E-state index in [1.165, 1.54) is 0 Å². The van der Waals surface area contributed by atoms with Crippen molar-refractivity contribution in [1.29, 1.82) is 0 Å². The van der Waals surface area contributed by atoms with Gasteiger partial charge in [-0.3, -0.25) is 0 Å². The summed E-state index contributed by atoms with van der Waals surface area (Å²) in [7, 11) is 0. The van der Waals surface area contributed by atoms with Crippen LogP contribution in [0.15, 0.2) is 30.3 Å². The Morgan fingerprint density at radius 1 is 1.40 bits per heavy atom. The van der Waals surface area contributed by atoms with Gasteiger partial charge in [0, 0.05) is 6.42 Å². The summed E-state index contributed by atoms with van der Waals surface area (Å²) in [6.45, 7) is 4.46. The maximum Gasteiger partial charge on any atom is 0.407 e. The highest BCUT2D eigenvalue weighted by Crippen LogP contribution is 2.34. The van der Waals surface area contributed by atoms with Crippen molar-refractivity contribution in [3.8, 4) is 0 Å². The van der Waals surface area contributed by atoms with Gasteiger partial charge in [0.15, 0.2) is 0 Å². The van der Waals surface area contributed by atoms with Crippen LogP contribution in [0, 0.1) is 0 Å². The van der Waals surface area contributed by atoms with Crippen molar-refractivity contribution in [2.75, 3.05) is 13.2 Å². The number of nitrogens with one attached hydrogen (secondary N) is 1. The molecule has 2 rings (SSSR count). The Hall–Kier alpha value is -1.59. The number of benzene rings is 1. The second-order valence-electron chi connectivity index (χ2n) is 5.56. The molecule has 5 nitrogen and oxygen atoms in total. The van der Waals surface area contributed by atoms with Gasteiger partial charge in [-0.05, 0) is 19.4 Å². The molecule has 0 radical (unpaired) electrons. The van der Waals surface area contributed by atoms with Crippen LogP contribution in [0.1, 0.15) is 25.8 Å². The first kappa shape index (κ1) is 14.8. The molecule has 0 saturated carbocycles. The van der Waals surface area contributed by atoms with E-state index in [2.05, 4.69) is 5.32 Å². The minimum Gasteiger partial charge on any atom is -0.445 e. The van der Waals surface area contributed by atoms with Gasteiger partial charge < -0.3 is 19.9 Å². The van der Waals surface area contributed by atoms with Gasteiger partial charge in [-0.2, -0.15) is 0 Å². The minimum atomic E-state index is -1.06. The molecule has 1 aliphatic heterocycles.